The highest BCUT2D eigenvalue weighted by Gasteiger charge is 2.41. The SMILES string of the molecule is CC1(C)C(=O)Nc2cccc(Oc3ncccc3N)c21. The fourth-order valence-corrected chi connectivity index (χ4v) is 2.35. The first kappa shape index (κ1) is 12.5. The molecule has 5 heteroatoms. The molecule has 0 bridgehead atoms. The number of nitrogens with one attached hydrogen (secondary N) is 1. The van der Waals surface area contributed by atoms with Gasteiger partial charge in [0.25, 0.3) is 0 Å². The zero-order valence-electron chi connectivity index (χ0n) is 11.3. The first-order valence-corrected chi connectivity index (χ1v) is 6.33. The summed E-state index contributed by atoms with van der Waals surface area (Å²) in [6.45, 7) is 3.73. The monoisotopic (exact) mass is 269 g/mol. The van der Waals surface area contributed by atoms with E-state index in [0.29, 0.717) is 17.3 Å². The number of nitrogens with two attached hydrogens (primary N) is 1. The molecule has 0 saturated carbocycles. The summed E-state index contributed by atoms with van der Waals surface area (Å²) in [6.07, 6.45) is 1.61. The fraction of sp³-hybridized carbons (Fsp3) is 0.200. The third kappa shape index (κ3) is 1.79. The number of hydrogen-bond donors (Lipinski definition) is 2. The highest BCUT2D eigenvalue weighted by molar-refractivity contribution is 6.06. The van der Waals surface area contributed by atoms with Crippen molar-refractivity contribution in [1.82, 2.24) is 4.98 Å². The Morgan fingerprint density at radius 1 is 1.25 bits per heavy atom. The lowest BCUT2D eigenvalue weighted by Crippen LogP contribution is -2.27. The number of pyridine rings is 1. The number of carbonyl (C=O) groups is 1. The Balaban J connectivity index is 2.08. The largest absolute Gasteiger partial charge is 0.437 e. The van der Waals surface area contributed by atoms with Crippen LogP contribution in [0.4, 0.5) is 11.4 Å². The van der Waals surface area contributed by atoms with Crippen molar-refractivity contribution in [3.05, 3.63) is 42.1 Å². The first-order chi connectivity index (χ1) is 9.50. The molecule has 5 nitrogen and oxygen atoms in total. The van der Waals surface area contributed by atoms with Crippen LogP contribution in [0.25, 0.3) is 0 Å². The lowest BCUT2D eigenvalue weighted by atomic mass is 9.85. The number of rotatable bonds is 2. The minimum atomic E-state index is -0.643. The molecule has 0 atom stereocenters. The molecule has 2 heterocycles. The number of hydrogen-bond acceptors (Lipinski definition) is 4. The normalized spacial score (nSPS) is 15.6. The summed E-state index contributed by atoms with van der Waals surface area (Å²) in [7, 11) is 0. The Labute approximate surface area is 116 Å². The van der Waals surface area contributed by atoms with E-state index in [1.807, 2.05) is 32.0 Å². The van der Waals surface area contributed by atoms with Crippen molar-refractivity contribution in [1.29, 1.82) is 0 Å². The molecule has 0 radical (unpaired) electrons. The second kappa shape index (κ2) is 4.23. The van der Waals surface area contributed by atoms with Crippen LogP contribution in [-0.4, -0.2) is 10.9 Å². The average Bonchev–Trinajstić information content (AvgIpc) is 2.64. The highest BCUT2D eigenvalue weighted by atomic mass is 16.5. The third-order valence-corrected chi connectivity index (χ3v) is 3.47. The zero-order chi connectivity index (χ0) is 14.3. The van der Waals surface area contributed by atoms with Crippen molar-refractivity contribution in [2.75, 3.05) is 11.1 Å². The van der Waals surface area contributed by atoms with E-state index < -0.39 is 5.41 Å². The number of aromatic nitrogens is 1. The molecule has 3 rings (SSSR count). The predicted octanol–water partition coefficient (Wildman–Crippen LogP) is 2.69. The number of nitrogen functional groups attached to an aromatic ring is 1. The molecule has 1 aliphatic rings. The number of benzene rings is 1. The minimum Gasteiger partial charge on any atom is -0.437 e. The van der Waals surface area contributed by atoms with Crippen LogP contribution < -0.4 is 15.8 Å². The molecule has 3 N–H and O–H groups in total. The minimum absolute atomic E-state index is 0.0439. The van der Waals surface area contributed by atoms with Gasteiger partial charge in [-0.05, 0) is 38.1 Å². The third-order valence-electron chi connectivity index (χ3n) is 3.47. The van der Waals surface area contributed by atoms with E-state index in [9.17, 15) is 4.79 Å². The summed E-state index contributed by atoms with van der Waals surface area (Å²) in [6, 6.07) is 8.97. The van der Waals surface area contributed by atoms with Gasteiger partial charge in [-0.2, -0.15) is 0 Å². The number of carbonyl (C=O) groups excluding carboxylic acids is 1. The molecule has 0 unspecified atom stereocenters. The summed E-state index contributed by atoms with van der Waals surface area (Å²) >= 11 is 0. The van der Waals surface area contributed by atoms with Crippen LogP contribution in [-0.2, 0) is 10.2 Å². The molecule has 1 aromatic carbocycles. The van der Waals surface area contributed by atoms with Crippen molar-refractivity contribution < 1.29 is 9.53 Å². The van der Waals surface area contributed by atoms with Crippen LogP contribution in [0.5, 0.6) is 11.6 Å². The van der Waals surface area contributed by atoms with E-state index in [1.54, 1.807) is 18.3 Å². The van der Waals surface area contributed by atoms with Crippen molar-refractivity contribution >= 4 is 17.3 Å². The van der Waals surface area contributed by atoms with Gasteiger partial charge in [-0.3, -0.25) is 4.79 Å². The van der Waals surface area contributed by atoms with Crippen molar-refractivity contribution in [2.24, 2.45) is 0 Å². The second-order valence-corrected chi connectivity index (χ2v) is 5.26. The van der Waals surface area contributed by atoms with Gasteiger partial charge in [-0.25, -0.2) is 4.98 Å². The van der Waals surface area contributed by atoms with Gasteiger partial charge in [0.1, 0.15) is 5.75 Å². The van der Waals surface area contributed by atoms with Gasteiger partial charge in [0.15, 0.2) is 0 Å². The molecular weight excluding hydrogens is 254 g/mol. The van der Waals surface area contributed by atoms with Crippen molar-refractivity contribution in [3.8, 4) is 11.6 Å². The summed E-state index contributed by atoms with van der Waals surface area (Å²) in [5.74, 6) is 0.893. The maximum absolute atomic E-state index is 12.0. The van der Waals surface area contributed by atoms with Crippen LogP contribution >= 0.6 is 0 Å². The fourth-order valence-electron chi connectivity index (χ4n) is 2.35. The lowest BCUT2D eigenvalue weighted by molar-refractivity contribution is -0.119. The van der Waals surface area contributed by atoms with Gasteiger partial charge >= 0.3 is 0 Å². The Bertz CT molecular complexity index is 695. The molecular formula is C15H15N3O2. The average molecular weight is 269 g/mol. The van der Waals surface area contributed by atoms with Crippen molar-refractivity contribution in [2.45, 2.75) is 19.3 Å². The summed E-state index contributed by atoms with van der Waals surface area (Å²) in [5, 5.41) is 2.86. The van der Waals surface area contributed by atoms with Crippen LogP contribution in [0.15, 0.2) is 36.5 Å². The van der Waals surface area contributed by atoms with Crippen LogP contribution in [0, 0.1) is 0 Å². The summed E-state index contributed by atoms with van der Waals surface area (Å²) in [5.41, 5.74) is 7.25. The first-order valence-electron chi connectivity index (χ1n) is 6.33. The number of ether oxygens (including phenoxy) is 1. The Hall–Kier alpha value is -2.56. The van der Waals surface area contributed by atoms with Gasteiger partial charge in [-0.1, -0.05) is 6.07 Å². The molecule has 0 spiro atoms. The van der Waals surface area contributed by atoms with Gasteiger partial charge in [0, 0.05) is 17.4 Å². The topological polar surface area (TPSA) is 77.2 Å². The Kier molecular flexibility index (Phi) is 2.64. The molecule has 20 heavy (non-hydrogen) atoms. The number of amides is 1. The van der Waals surface area contributed by atoms with E-state index >= 15 is 0 Å². The predicted molar refractivity (Wildman–Crippen MR) is 76.8 cm³/mol. The van der Waals surface area contributed by atoms with E-state index in [-0.39, 0.29) is 5.91 Å². The van der Waals surface area contributed by atoms with Crippen molar-refractivity contribution in [3.63, 3.8) is 0 Å². The molecule has 0 fully saturated rings. The number of anilines is 2. The zero-order valence-corrected chi connectivity index (χ0v) is 11.3. The smallest absolute Gasteiger partial charge is 0.242 e. The summed E-state index contributed by atoms with van der Waals surface area (Å²) < 4.78 is 5.81. The Morgan fingerprint density at radius 2 is 2.05 bits per heavy atom. The lowest BCUT2D eigenvalue weighted by Gasteiger charge is -2.19. The quantitative estimate of drug-likeness (QED) is 0.878. The van der Waals surface area contributed by atoms with E-state index in [0.717, 1.165) is 11.3 Å². The van der Waals surface area contributed by atoms with Gasteiger partial charge in [0.05, 0.1) is 11.1 Å². The number of fused-ring (bicyclic) bond motifs is 1. The number of nitrogens with zero attached hydrogens (tertiary/aromatic N) is 1. The van der Waals surface area contributed by atoms with E-state index in [2.05, 4.69) is 10.3 Å². The maximum atomic E-state index is 12.0. The second-order valence-electron chi connectivity index (χ2n) is 5.26. The van der Waals surface area contributed by atoms with Gasteiger partial charge in [-0.15, -0.1) is 0 Å². The van der Waals surface area contributed by atoms with E-state index in [1.165, 1.54) is 0 Å². The molecule has 1 aromatic heterocycles. The molecule has 102 valence electrons. The molecule has 1 amide bonds. The Morgan fingerprint density at radius 3 is 2.80 bits per heavy atom. The van der Waals surface area contributed by atoms with Gasteiger partial charge < -0.3 is 15.8 Å². The molecule has 2 aromatic rings. The summed E-state index contributed by atoms with van der Waals surface area (Å²) in [4.78, 5) is 16.1. The van der Waals surface area contributed by atoms with Crippen LogP contribution in [0.2, 0.25) is 0 Å². The molecule has 0 aliphatic carbocycles. The molecule has 0 saturated heterocycles. The maximum Gasteiger partial charge on any atom is 0.242 e. The van der Waals surface area contributed by atoms with Crippen LogP contribution in [0.1, 0.15) is 19.4 Å². The van der Waals surface area contributed by atoms with E-state index in [4.69, 9.17) is 10.5 Å². The standard InChI is InChI=1S/C15H15N3O2/c1-15(2)12-10(18-14(15)19)6-3-7-11(12)20-13-9(16)5-4-8-17-13/h3-8H,16H2,1-2H3,(H,18,19). The van der Waals surface area contributed by atoms with Gasteiger partial charge in [0.2, 0.25) is 11.8 Å². The van der Waals surface area contributed by atoms with Crippen LogP contribution in [0.3, 0.4) is 0 Å². The highest BCUT2D eigenvalue weighted by Crippen LogP contribution is 2.44. The molecule has 1 aliphatic heterocycles.